The third kappa shape index (κ3) is 3.37. The average molecular weight is 266 g/mol. The Balaban J connectivity index is 2.72. The fourth-order valence-electron chi connectivity index (χ4n) is 0.893. The van der Waals surface area contributed by atoms with Crippen molar-refractivity contribution in [2.75, 3.05) is 0 Å². The number of thiophene rings is 1. The van der Waals surface area contributed by atoms with Gasteiger partial charge in [0.2, 0.25) is 0 Å². The highest BCUT2D eigenvalue weighted by Gasteiger charge is 2.26. The van der Waals surface area contributed by atoms with Gasteiger partial charge >= 0.3 is 0 Å². The smallest absolute Gasteiger partial charge is 0.252 e. The van der Waals surface area contributed by atoms with E-state index in [-0.39, 0.29) is 11.3 Å². The van der Waals surface area contributed by atoms with E-state index in [1.54, 1.807) is 11.4 Å². The molecule has 0 aliphatic carbocycles. The van der Waals surface area contributed by atoms with Gasteiger partial charge in [0.1, 0.15) is 0 Å². The molecule has 15 heavy (non-hydrogen) atoms. The molecule has 1 atom stereocenters. The summed E-state index contributed by atoms with van der Waals surface area (Å²) in [5.41, 5.74) is 0.142. The Morgan fingerprint density at radius 2 is 2.20 bits per heavy atom. The lowest BCUT2D eigenvalue weighted by Gasteiger charge is -2.28. The molecule has 1 heterocycles. The SMILES string of the molecule is CC(Cl)C(C)(C)NC(=O)c1csc(Cl)c1. The van der Waals surface area contributed by atoms with Crippen molar-refractivity contribution in [3.63, 3.8) is 0 Å². The van der Waals surface area contributed by atoms with E-state index >= 15 is 0 Å². The zero-order valence-corrected chi connectivity index (χ0v) is 11.1. The Morgan fingerprint density at radius 1 is 1.60 bits per heavy atom. The van der Waals surface area contributed by atoms with E-state index < -0.39 is 5.54 Å². The molecule has 0 fully saturated rings. The van der Waals surface area contributed by atoms with Crippen LogP contribution in [0.2, 0.25) is 4.34 Å². The first-order chi connectivity index (χ1) is 6.83. The largest absolute Gasteiger partial charge is 0.346 e. The molecule has 0 spiro atoms. The summed E-state index contributed by atoms with van der Waals surface area (Å²) in [4.78, 5) is 11.8. The molecule has 1 aromatic rings. The van der Waals surface area contributed by atoms with E-state index in [1.807, 2.05) is 20.8 Å². The highest BCUT2D eigenvalue weighted by atomic mass is 35.5. The van der Waals surface area contributed by atoms with E-state index in [9.17, 15) is 4.79 Å². The molecular formula is C10H13Cl2NOS. The van der Waals surface area contributed by atoms with Crippen LogP contribution < -0.4 is 5.32 Å². The molecule has 0 radical (unpaired) electrons. The molecule has 84 valence electrons. The molecule has 0 aliphatic rings. The molecule has 0 bridgehead atoms. The Hall–Kier alpha value is -0.250. The van der Waals surface area contributed by atoms with Gasteiger partial charge in [0, 0.05) is 5.38 Å². The van der Waals surface area contributed by atoms with Crippen LogP contribution in [0, 0.1) is 0 Å². The molecule has 0 aliphatic heterocycles. The summed E-state index contributed by atoms with van der Waals surface area (Å²) >= 11 is 13.1. The Bertz CT molecular complexity index is 360. The third-order valence-corrected chi connectivity index (χ3v) is 3.90. The van der Waals surface area contributed by atoms with Crippen molar-refractivity contribution in [1.29, 1.82) is 0 Å². The van der Waals surface area contributed by atoms with Crippen molar-refractivity contribution in [2.24, 2.45) is 0 Å². The molecule has 0 saturated carbocycles. The molecule has 5 heteroatoms. The quantitative estimate of drug-likeness (QED) is 0.833. The van der Waals surface area contributed by atoms with Crippen molar-refractivity contribution in [1.82, 2.24) is 5.32 Å². The van der Waals surface area contributed by atoms with Crippen molar-refractivity contribution in [3.05, 3.63) is 21.3 Å². The first kappa shape index (κ1) is 12.8. The van der Waals surface area contributed by atoms with Gasteiger partial charge in [0.05, 0.1) is 20.8 Å². The molecule has 1 aromatic heterocycles. The summed E-state index contributed by atoms with van der Waals surface area (Å²) in [5.74, 6) is -0.143. The van der Waals surface area contributed by atoms with Crippen molar-refractivity contribution >= 4 is 40.4 Å². The number of nitrogens with one attached hydrogen (secondary N) is 1. The van der Waals surface area contributed by atoms with E-state index in [1.165, 1.54) is 11.3 Å². The van der Waals surface area contributed by atoms with Crippen LogP contribution in [0.4, 0.5) is 0 Å². The van der Waals surface area contributed by atoms with Gasteiger partial charge in [-0.15, -0.1) is 22.9 Å². The zero-order valence-electron chi connectivity index (χ0n) is 8.80. The molecule has 1 unspecified atom stereocenters. The minimum Gasteiger partial charge on any atom is -0.346 e. The van der Waals surface area contributed by atoms with Gasteiger partial charge in [-0.1, -0.05) is 11.6 Å². The van der Waals surface area contributed by atoms with Crippen LogP contribution in [0.5, 0.6) is 0 Å². The molecule has 0 aromatic carbocycles. The van der Waals surface area contributed by atoms with Crippen molar-refractivity contribution < 1.29 is 4.79 Å². The number of rotatable bonds is 3. The Morgan fingerprint density at radius 3 is 2.60 bits per heavy atom. The normalized spacial score (nSPS) is 13.7. The van der Waals surface area contributed by atoms with Crippen LogP contribution in [0.1, 0.15) is 31.1 Å². The summed E-state index contributed by atoms with van der Waals surface area (Å²) in [6.07, 6.45) is 0. The summed E-state index contributed by atoms with van der Waals surface area (Å²) in [7, 11) is 0. The molecule has 2 nitrogen and oxygen atoms in total. The first-order valence-corrected chi connectivity index (χ1v) is 6.23. The molecule has 1 amide bonds. The van der Waals surface area contributed by atoms with Gasteiger partial charge in [-0.3, -0.25) is 4.79 Å². The second-order valence-corrected chi connectivity index (χ2v) is 6.13. The number of amides is 1. The van der Waals surface area contributed by atoms with Crippen LogP contribution in [0.25, 0.3) is 0 Å². The maximum absolute atomic E-state index is 11.8. The predicted molar refractivity (Wildman–Crippen MR) is 66.2 cm³/mol. The lowest BCUT2D eigenvalue weighted by molar-refractivity contribution is 0.0913. The molecular weight excluding hydrogens is 253 g/mol. The van der Waals surface area contributed by atoms with Gasteiger partial charge in [0.25, 0.3) is 5.91 Å². The number of carbonyl (C=O) groups excluding carboxylic acids is 1. The van der Waals surface area contributed by atoms with E-state index in [2.05, 4.69) is 5.32 Å². The van der Waals surface area contributed by atoms with Gasteiger partial charge < -0.3 is 5.32 Å². The lowest BCUT2D eigenvalue weighted by Crippen LogP contribution is -2.48. The monoisotopic (exact) mass is 265 g/mol. The number of hydrogen-bond donors (Lipinski definition) is 1. The molecule has 0 saturated heterocycles. The van der Waals surface area contributed by atoms with Gasteiger partial charge in [-0.05, 0) is 26.8 Å². The number of alkyl halides is 1. The van der Waals surface area contributed by atoms with E-state index in [4.69, 9.17) is 23.2 Å². The number of carbonyl (C=O) groups is 1. The minimum atomic E-state index is -0.437. The Labute approximate surface area is 104 Å². The summed E-state index contributed by atoms with van der Waals surface area (Å²) < 4.78 is 0.608. The second kappa shape index (κ2) is 4.73. The lowest BCUT2D eigenvalue weighted by atomic mass is 10.0. The van der Waals surface area contributed by atoms with Crippen molar-refractivity contribution in [3.8, 4) is 0 Å². The highest BCUT2D eigenvalue weighted by Crippen LogP contribution is 2.21. The number of hydrogen-bond acceptors (Lipinski definition) is 2. The minimum absolute atomic E-state index is 0.143. The van der Waals surface area contributed by atoms with Crippen molar-refractivity contribution in [2.45, 2.75) is 31.7 Å². The molecule has 1 N–H and O–H groups in total. The van der Waals surface area contributed by atoms with Crippen LogP contribution in [0.15, 0.2) is 11.4 Å². The van der Waals surface area contributed by atoms with Crippen LogP contribution in [-0.4, -0.2) is 16.8 Å². The summed E-state index contributed by atoms with van der Waals surface area (Å²) in [6.45, 7) is 5.62. The number of halogens is 2. The predicted octanol–water partition coefficient (Wildman–Crippen LogP) is 3.54. The summed E-state index contributed by atoms with van der Waals surface area (Å²) in [6, 6.07) is 1.65. The highest BCUT2D eigenvalue weighted by molar-refractivity contribution is 7.14. The van der Waals surface area contributed by atoms with Gasteiger partial charge in [0.15, 0.2) is 0 Å². The average Bonchev–Trinajstić information content (AvgIpc) is 2.50. The van der Waals surface area contributed by atoms with Crippen LogP contribution >= 0.6 is 34.5 Å². The maximum atomic E-state index is 11.8. The summed E-state index contributed by atoms with van der Waals surface area (Å²) in [5, 5.41) is 4.45. The molecule has 1 rings (SSSR count). The topological polar surface area (TPSA) is 29.1 Å². The van der Waals surface area contributed by atoms with E-state index in [0.29, 0.717) is 9.90 Å². The van der Waals surface area contributed by atoms with Gasteiger partial charge in [-0.2, -0.15) is 0 Å². The fourth-order valence-corrected chi connectivity index (χ4v) is 1.81. The zero-order chi connectivity index (χ0) is 11.6. The standard InChI is InChI=1S/C10H13Cl2NOS/c1-6(11)10(2,3)13-9(14)7-4-8(12)15-5-7/h4-6H,1-3H3,(H,13,14). The second-order valence-electron chi connectivity index (χ2n) is 3.93. The Kier molecular flexibility index (Phi) is 4.04. The third-order valence-electron chi connectivity index (χ3n) is 2.26. The fraction of sp³-hybridized carbons (Fsp3) is 0.500. The van der Waals surface area contributed by atoms with Crippen LogP contribution in [0.3, 0.4) is 0 Å². The first-order valence-electron chi connectivity index (χ1n) is 4.53. The van der Waals surface area contributed by atoms with E-state index in [0.717, 1.165) is 0 Å². The van der Waals surface area contributed by atoms with Crippen LogP contribution in [-0.2, 0) is 0 Å². The van der Waals surface area contributed by atoms with Gasteiger partial charge in [-0.25, -0.2) is 0 Å². The maximum Gasteiger partial charge on any atom is 0.252 e.